The van der Waals surface area contributed by atoms with Crippen molar-refractivity contribution >= 4 is 12.0 Å². The van der Waals surface area contributed by atoms with Gasteiger partial charge in [0.05, 0.1) is 13.7 Å². The number of esters is 1. The van der Waals surface area contributed by atoms with Crippen molar-refractivity contribution in [3.05, 3.63) is 35.9 Å². The lowest BCUT2D eigenvalue weighted by Gasteiger charge is -2.07. The normalized spacial score (nSPS) is 12.4. The maximum absolute atomic E-state index is 11.4. The maximum atomic E-state index is 11.4. The van der Waals surface area contributed by atoms with Gasteiger partial charge in [0, 0.05) is 6.08 Å². The van der Waals surface area contributed by atoms with E-state index in [0.29, 0.717) is 12.5 Å². The molecule has 0 aliphatic rings. The molecule has 1 unspecified atom stereocenters. The Bertz CT molecular complexity index is 393. The van der Waals surface area contributed by atoms with Crippen molar-refractivity contribution in [2.24, 2.45) is 5.92 Å². The minimum absolute atomic E-state index is 0.300. The van der Waals surface area contributed by atoms with E-state index in [4.69, 9.17) is 9.47 Å². The molecule has 0 saturated heterocycles. The van der Waals surface area contributed by atoms with Crippen LogP contribution in [0.3, 0.4) is 0 Å². The van der Waals surface area contributed by atoms with E-state index in [1.165, 1.54) is 6.08 Å². The average Bonchev–Trinajstić information content (AvgIpc) is 2.42. The Kier molecular flexibility index (Phi) is 5.98. The van der Waals surface area contributed by atoms with E-state index in [2.05, 4.69) is 13.8 Å². The molecule has 18 heavy (non-hydrogen) atoms. The van der Waals surface area contributed by atoms with E-state index < -0.39 is 0 Å². The second kappa shape index (κ2) is 7.54. The van der Waals surface area contributed by atoms with Gasteiger partial charge < -0.3 is 9.47 Å². The number of ether oxygens (including phenoxy) is 2. The summed E-state index contributed by atoms with van der Waals surface area (Å²) in [6.45, 7) is 4.61. The zero-order valence-corrected chi connectivity index (χ0v) is 11.2. The second-order valence-electron chi connectivity index (χ2n) is 4.25. The van der Waals surface area contributed by atoms with Gasteiger partial charge in [0.1, 0.15) is 5.75 Å². The monoisotopic (exact) mass is 248 g/mol. The predicted octanol–water partition coefficient (Wildman–Crippen LogP) is 3.30. The molecular formula is C15H20O3. The number of carbonyl (C=O) groups excluding carboxylic acids is 1. The van der Waals surface area contributed by atoms with Crippen LogP contribution in [0.2, 0.25) is 0 Å². The van der Waals surface area contributed by atoms with Gasteiger partial charge in [-0.1, -0.05) is 32.4 Å². The first-order valence-corrected chi connectivity index (χ1v) is 6.14. The Balaban J connectivity index is 2.45. The SMILES string of the molecule is CCC(C)COC(=O)C=Cc1ccc(OC)cc1. The number of carbonyl (C=O) groups is 1. The number of methoxy groups -OCH3 is 1. The van der Waals surface area contributed by atoms with Crippen molar-refractivity contribution in [3.63, 3.8) is 0 Å². The van der Waals surface area contributed by atoms with Crippen LogP contribution < -0.4 is 4.74 Å². The van der Waals surface area contributed by atoms with Crippen LogP contribution in [0.5, 0.6) is 5.75 Å². The van der Waals surface area contributed by atoms with Gasteiger partial charge in [-0.05, 0) is 29.7 Å². The summed E-state index contributed by atoms with van der Waals surface area (Å²) in [7, 11) is 1.62. The molecule has 0 aliphatic carbocycles. The van der Waals surface area contributed by atoms with Crippen molar-refractivity contribution < 1.29 is 14.3 Å². The van der Waals surface area contributed by atoms with E-state index in [-0.39, 0.29) is 5.97 Å². The minimum atomic E-state index is -0.300. The molecule has 0 bridgehead atoms. The summed E-state index contributed by atoms with van der Waals surface area (Å²) in [4.78, 5) is 11.4. The third-order valence-electron chi connectivity index (χ3n) is 2.73. The molecule has 98 valence electrons. The van der Waals surface area contributed by atoms with E-state index in [9.17, 15) is 4.79 Å². The number of hydrogen-bond donors (Lipinski definition) is 0. The van der Waals surface area contributed by atoms with E-state index in [1.807, 2.05) is 24.3 Å². The molecule has 0 heterocycles. The highest BCUT2D eigenvalue weighted by molar-refractivity contribution is 5.87. The van der Waals surface area contributed by atoms with Crippen LogP contribution in [0.1, 0.15) is 25.8 Å². The molecule has 3 nitrogen and oxygen atoms in total. The fraction of sp³-hybridized carbons (Fsp3) is 0.400. The molecule has 0 saturated carbocycles. The Morgan fingerprint density at radius 1 is 1.33 bits per heavy atom. The van der Waals surface area contributed by atoms with Crippen molar-refractivity contribution in [2.45, 2.75) is 20.3 Å². The summed E-state index contributed by atoms with van der Waals surface area (Å²) in [5.41, 5.74) is 0.941. The summed E-state index contributed by atoms with van der Waals surface area (Å²) in [5, 5.41) is 0. The molecule has 0 N–H and O–H groups in total. The summed E-state index contributed by atoms with van der Waals surface area (Å²) in [6.07, 6.45) is 4.19. The molecule has 0 aromatic heterocycles. The van der Waals surface area contributed by atoms with Crippen LogP contribution in [-0.2, 0) is 9.53 Å². The topological polar surface area (TPSA) is 35.5 Å². The van der Waals surface area contributed by atoms with Gasteiger partial charge in [-0.15, -0.1) is 0 Å². The van der Waals surface area contributed by atoms with Gasteiger partial charge in [0.25, 0.3) is 0 Å². The summed E-state index contributed by atoms with van der Waals surface area (Å²) in [5.74, 6) is 0.904. The number of hydrogen-bond acceptors (Lipinski definition) is 3. The Labute approximate surface area is 108 Å². The molecule has 1 aromatic carbocycles. The maximum Gasteiger partial charge on any atom is 0.330 e. The van der Waals surface area contributed by atoms with Crippen molar-refractivity contribution in [2.75, 3.05) is 13.7 Å². The lowest BCUT2D eigenvalue weighted by atomic mass is 10.1. The Morgan fingerprint density at radius 2 is 2.00 bits per heavy atom. The molecule has 0 amide bonds. The first kappa shape index (κ1) is 14.3. The minimum Gasteiger partial charge on any atom is -0.497 e. The van der Waals surface area contributed by atoms with E-state index in [0.717, 1.165) is 17.7 Å². The predicted molar refractivity (Wildman–Crippen MR) is 72.4 cm³/mol. The van der Waals surface area contributed by atoms with Crippen molar-refractivity contribution in [1.29, 1.82) is 0 Å². The van der Waals surface area contributed by atoms with Crippen LogP contribution >= 0.6 is 0 Å². The molecule has 1 aromatic rings. The van der Waals surface area contributed by atoms with Crippen molar-refractivity contribution in [1.82, 2.24) is 0 Å². The van der Waals surface area contributed by atoms with Crippen LogP contribution in [-0.4, -0.2) is 19.7 Å². The van der Waals surface area contributed by atoms with E-state index >= 15 is 0 Å². The first-order valence-electron chi connectivity index (χ1n) is 6.14. The fourth-order valence-corrected chi connectivity index (χ4v) is 1.27. The summed E-state index contributed by atoms with van der Waals surface area (Å²) >= 11 is 0. The first-order chi connectivity index (χ1) is 8.65. The number of benzene rings is 1. The van der Waals surface area contributed by atoms with Gasteiger partial charge >= 0.3 is 5.97 Å². The van der Waals surface area contributed by atoms with Gasteiger partial charge in [0.15, 0.2) is 0 Å². The molecule has 0 radical (unpaired) electrons. The largest absolute Gasteiger partial charge is 0.497 e. The third-order valence-corrected chi connectivity index (χ3v) is 2.73. The fourth-order valence-electron chi connectivity index (χ4n) is 1.27. The molecule has 3 heteroatoms. The lowest BCUT2D eigenvalue weighted by molar-refractivity contribution is -0.138. The van der Waals surface area contributed by atoms with Crippen LogP contribution in [0.15, 0.2) is 30.3 Å². The zero-order chi connectivity index (χ0) is 13.4. The van der Waals surface area contributed by atoms with E-state index in [1.54, 1.807) is 13.2 Å². The van der Waals surface area contributed by atoms with Gasteiger partial charge in [0.2, 0.25) is 0 Å². The molecule has 0 spiro atoms. The van der Waals surface area contributed by atoms with Gasteiger partial charge in [-0.25, -0.2) is 4.79 Å². The standard InChI is InChI=1S/C15H20O3/c1-4-12(2)11-18-15(16)10-7-13-5-8-14(17-3)9-6-13/h5-10,12H,4,11H2,1-3H3. The molecule has 0 aliphatic heterocycles. The lowest BCUT2D eigenvalue weighted by Crippen LogP contribution is -2.08. The van der Waals surface area contributed by atoms with Crippen LogP contribution in [0.25, 0.3) is 6.08 Å². The van der Waals surface area contributed by atoms with Crippen LogP contribution in [0, 0.1) is 5.92 Å². The summed E-state index contributed by atoms with van der Waals surface area (Å²) in [6, 6.07) is 7.48. The highest BCUT2D eigenvalue weighted by Gasteiger charge is 2.02. The van der Waals surface area contributed by atoms with Crippen LogP contribution in [0.4, 0.5) is 0 Å². The molecule has 1 rings (SSSR count). The molecular weight excluding hydrogens is 228 g/mol. The Morgan fingerprint density at radius 3 is 2.56 bits per heavy atom. The molecule has 1 atom stereocenters. The smallest absolute Gasteiger partial charge is 0.330 e. The van der Waals surface area contributed by atoms with Crippen molar-refractivity contribution in [3.8, 4) is 5.75 Å². The van der Waals surface area contributed by atoms with Gasteiger partial charge in [-0.3, -0.25) is 0 Å². The highest BCUT2D eigenvalue weighted by atomic mass is 16.5. The van der Waals surface area contributed by atoms with Gasteiger partial charge in [-0.2, -0.15) is 0 Å². The summed E-state index contributed by atoms with van der Waals surface area (Å²) < 4.78 is 10.2. The Hall–Kier alpha value is -1.77. The number of rotatable bonds is 6. The zero-order valence-electron chi connectivity index (χ0n) is 11.2. The highest BCUT2D eigenvalue weighted by Crippen LogP contribution is 2.12. The third kappa shape index (κ3) is 5.04. The quantitative estimate of drug-likeness (QED) is 0.572. The molecule has 0 fully saturated rings. The second-order valence-corrected chi connectivity index (χ2v) is 4.25. The average molecular weight is 248 g/mol.